The Labute approximate surface area is 110 Å². The maximum absolute atomic E-state index is 4.47. The van der Waals surface area contributed by atoms with Gasteiger partial charge in [-0.15, -0.1) is 12.4 Å². The largest absolute Gasteiger partial charge is 0.315 e. The predicted molar refractivity (Wildman–Crippen MR) is 72.7 cm³/mol. The highest BCUT2D eigenvalue weighted by atomic mass is 35.5. The summed E-state index contributed by atoms with van der Waals surface area (Å²) in [6.07, 6.45) is 1.25. The lowest BCUT2D eigenvalue weighted by atomic mass is 10.2. The third kappa shape index (κ3) is 3.44. The number of rotatable bonds is 2. The molecule has 1 aliphatic rings. The average molecular weight is 259 g/mol. The number of nitrogens with one attached hydrogen (secondary N) is 1. The van der Waals surface area contributed by atoms with Gasteiger partial charge in [0.1, 0.15) is 0 Å². The van der Waals surface area contributed by atoms with Crippen LogP contribution in [0.1, 0.15) is 23.4 Å². The van der Waals surface area contributed by atoms with Crippen LogP contribution in [0.15, 0.2) is 0 Å². The van der Waals surface area contributed by atoms with Crippen LogP contribution in [0.3, 0.4) is 0 Å². The number of halogens is 1. The van der Waals surface area contributed by atoms with Gasteiger partial charge in [0.25, 0.3) is 0 Å². The van der Waals surface area contributed by atoms with Gasteiger partial charge in [0, 0.05) is 37.9 Å². The molecule has 0 atom stereocenters. The van der Waals surface area contributed by atoms with Crippen LogP contribution in [0.4, 0.5) is 0 Å². The molecule has 2 heterocycles. The van der Waals surface area contributed by atoms with Crippen molar-refractivity contribution in [1.29, 1.82) is 0 Å². The van der Waals surface area contributed by atoms with Crippen molar-refractivity contribution in [2.75, 3.05) is 26.2 Å². The van der Waals surface area contributed by atoms with Crippen molar-refractivity contribution in [3.63, 3.8) is 0 Å². The van der Waals surface area contributed by atoms with Gasteiger partial charge in [-0.05, 0) is 33.4 Å². The van der Waals surface area contributed by atoms with Crippen LogP contribution in [0.5, 0.6) is 0 Å². The lowest BCUT2D eigenvalue weighted by Crippen LogP contribution is -2.28. The van der Waals surface area contributed by atoms with Gasteiger partial charge >= 0.3 is 0 Å². The molecule has 0 saturated carbocycles. The van der Waals surface area contributed by atoms with Gasteiger partial charge in [-0.25, -0.2) is 0 Å². The summed E-state index contributed by atoms with van der Waals surface area (Å²) in [5.41, 5.74) is 3.89. The fraction of sp³-hybridized carbons (Fsp3) is 0.750. The third-order valence-electron chi connectivity index (χ3n) is 3.47. The molecule has 1 N–H and O–H groups in total. The highest BCUT2D eigenvalue weighted by molar-refractivity contribution is 5.85. The van der Waals surface area contributed by atoms with Crippen molar-refractivity contribution < 1.29 is 0 Å². The van der Waals surface area contributed by atoms with Crippen LogP contribution in [0.2, 0.25) is 0 Å². The molecule has 1 aromatic heterocycles. The van der Waals surface area contributed by atoms with Gasteiger partial charge in [-0.1, -0.05) is 0 Å². The molecule has 4 nitrogen and oxygen atoms in total. The Balaban J connectivity index is 0.00000144. The zero-order chi connectivity index (χ0) is 11.5. The molecule has 2 rings (SSSR count). The summed E-state index contributed by atoms with van der Waals surface area (Å²) in [7, 11) is 2.02. The Morgan fingerprint density at radius 3 is 2.65 bits per heavy atom. The first-order chi connectivity index (χ1) is 7.68. The number of aromatic nitrogens is 2. The maximum Gasteiger partial charge on any atom is 0.0641 e. The van der Waals surface area contributed by atoms with Gasteiger partial charge in [-0.2, -0.15) is 5.10 Å². The Bertz CT molecular complexity index is 354. The summed E-state index contributed by atoms with van der Waals surface area (Å²) in [6, 6.07) is 0. The molecule has 1 aromatic rings. The minimum atomic E-state index is 0. The van der Waals surface area contributed by atoms with Crippen LogP contribution < -0.4 is 5.32 Å². The second kappa shape index (κ2) is 6.38. The van der Waals surface area contributed by atoms with Crippen LogP contribution in [-0.4, -0.2) is 40.9 Å². The molecule has 0 amide bonds. The number of hydrogen-bond acceptors (Lipinski definition) is 3. The van der Waals surface area contributed by atoms with Crippen molar-refractivity contribution in [3.05, 3.63) is 17.0 Å². The lowest BCUT2D eigenvalue weighted by Gasteiger charge is -2.19. The van der Waals surface area contributed by atoms with Crippen molar-refractivity contribution in [2.45, 2.75) is 26.8 Å². The Morgan fingerprint density at radius 2 is 2.00 bits per heavy atom. The summed E-state index contributed by atoms with van der Waals surface area (Å²) >= 11 is 0. The van der Waals surface area contributed by atoms with Gasteiger partial charge in [0.2, 0.25) is 0 Å². The fourth-order valence-electron chi connectivity index (χ4n) is 2.33. The molecule has 0 spiro atoms. The first-order valence-corrected chi connectivity index (χ1v) is 6.10. The number of hydrogen-bond donors (Lipinski definition) is 1. The summed E-state index contributed by atoms with van der Waals surface area (Å²) in [6.45, 7) is 9.92. The molecular weight excluding hydrogens is 236 g/mol. The van der Waals surface area contributed by atoms with Crippen LogP contribution >= 0.6 is 12.4 Å². The molecule has 0 aliphatic carbocycles. The topological polar surface area (TPSA) is 33.1 Å². The number of nitrogens with zero attached hydrogens (tertiary/aromatic N) is 3. The minimum Gasteiger partial charge on any atom is -0.315 e. The van der Waals surface area contributed by atoms with Gasteiger partial charge < -0.3 is 5.32 Å². The van der Waals surface area contributed by atoms with E-state index in [1.165, 1.54) is 29.9 Å². The summed E-state index contributed by atoms with van der Waals surface area (Å²) in [5.74, 6) is 0. The molecule has 5 heteroatoms. The van der Waals surface area contributed by atoms with Crippen LogP contribution in [-0.2, 0) is 13.6 Å². The molecule has 17 heavy (non-hydrogen) atoms. The van der Waals surface area contributed by atoms with Crippen molar-refractivity contribution in [3.8, 4) is 0 Å². The van der Waals surface area contributed by atoms with E-state index in [9.17, 15) is 0 Å². The van der Waals surface area contributed by atoms with E-state index in [-0.39, 0.29) is 12.4 Å². The number of aryl methyl sites for hydroxylation is 2. The fourth-order valence-corrected chi connectivity index (χ4v) is 2.33. The summed E-state index contributed by atoms with van der Waals surface area (Å²) in [5, 5.41) is 7.91. The summed E-state index contributed by atoms with van der Waals surface area (Å²) in [4.78, 5) is 2.52. The van der Waals surface area contributed by atoms with E-state index < -0.39 is 0 Å². The molecule has 0 unspecified atom stereocenters. The lowest BCUT2D eigenvalue weighted by molar-refractivity contribution is 0.283. The van der Waals surface area contributed by atoms with E-state index in [0.29, 0.717) is 0 Å². The molecule has 98 valence electrons. The molecule has 1 fully saturated rings. The van der Waals surface area contributed by atoms with Crippen molar-refractivity contribution in [1.82, 2.24) is 20.0 Å². The molecule has 0 radical (unpaired) electrons. The van der Waals surface area contributed by atoms with Crippen LogP contribution in [0.25, 0.3) is 0 Å². The van der Waals surface area contributed by atoms with E-state index in [0.717, 1.165) is 26.2 Å². The molecule has 1 saturated heterocycles. The SMILES string of the molecule is Cc1nn(C)c(C)c1CN1CCCNCC1.Cl. The maximum atomic E-state index is 4.47. The molecule has 0 aromatic carbocycles. The second-order valence-corrected chi connectivity index (χ2v) is 4.65. The van der Waals surface area contributed by atoms with E-state index >= 15 is 0 Å². The average Bonchev–Trinajstić information content (AvgIpc) is 2.51. The first kappa shape index (κ1) is 14.5. The standard InChI is InChI=1S/C12H22N4.ClH/c1-10-12(11(2)15(3)14-10)9-16-7-4-5-13-6-8-16;/h13H,4-9H2,1-3H3;1H. The van der Waals surface area contributed by atoms with E-state index in [4.69, 9.17) is 0 Å². The predicted octanol–water partition coefficient (Wildman–Crippen LogP) is 1.25. The monoisotopic (exact) mass is 258 g/mol. The van der Waals surface area contributed by atoms with E-state index in [2.05, 4.69) is 29.2 Å². The zero-order valence-corrected chi connectivity index (χ0v) is 11.8. The van der Waals surface area contributed by atoms with Crippen molar-refractivity contribution in [2.24, 2.45) is 7.05 Å². The second-order valence-electron chi connectivity index (χ2n) is 4.65. The highest BCUT2D eigenvalue weighted by Gasteiger charge is 2.14. The van der Waals surface area contributed by atoms with Gasteiger partial charge in [0.15, 0.2) is 0 Å². The Kier molecular flexibility index (Phi) is 5.43. The molecule has 0 bridgehead atoms. The molecule has 1 aliphatic heterocycles. The quantitative estimate of drug-likeness (QED) is 0.867. The first-order valence-electron chi connectivity index (χ1n) is 6.10. The highest BCUT2D eigenvalue weighted by Crippen LogP contribution is 2.15. The van der Waals surface area contributed by atoms with E-state index in [1.807, 2.05) is 11.7 Å². The van der Waals surface area contributed by atoms with Gasteiger partial charge in [-0.3, -0.25) is 9.58 Å². The van der Waals surface area contributed by atoms with Gasteiger partial charge in [0.05, 0.1) is 5.69 Å². The Hall–Kier alpha value is -0.580. The molecular formula is C12H23ClN4. The minimum absolute atomic E-state index is 0. The summed E-state index contributed by atoms with van der Waals surface area (Å²) < 4.78 is 1.99. The van der Waals surface area contributed by atoms with Crippen LogP contribution in [0, 0.1) is 13.8 Å². The zero-order valence-electron chi connectivity index (χ0n) is 11.0. The van der Waals surface area contributed by atoms with Crippen molar-refractivity contribution >= 4 is 12.4 Å². The van der Waals surface area contributed by atoms with E-state index in [1.54, 1.807) is 0 Å². The smallest absolute Gasteiger partial charge is 0.0641 e. The Morgan fingerprint density at radius 1 is 1.24 bits per heavy atom. The normalized spacial score (nSPS) is 17.6. The third-order valence-corrected chi connectivity index (χ3v) is 3.47.